The SMILES string of the molecule is O=NN(C(=O)NCCCl)c1[nH]c(=O)ncc1Br. The highest BCUT2D eigenvalue weighted by atomic mass is 79.9. The summed E-state index contributed by atoms with van der Waals surface area (Å²) >= 11 is 8.41. The van der Waals surface area contributed by atoms with Crippen molar-refractivity contribution >= 4 is 39.4 Å². The zero-order chi connectivity index (χ0) is 12.8. The van der Waals surface area contributed by atoms with Crippen LogP contribution in [0.15, 0.2) is 20.7 Å². The minimum Gasteiger partial charge on any atom is -0.335 e. The number of anilines is 1. The predicted octanol–water partition coefficient (Wildman–Crippen LogP) is 0.969. The van der Waals surface area contributed by atoms with Gasteiger partial charge in [-0.3, -0.25) is 4.98 Å². The van der Waals surface area contributed by atoms with Gasteiger partial charge in [-0.1, -0.05) is 0 Å². The molecule has 1 aromatic heterocycles. The lowest BCUT2D eigenvalue weighted by molar-refractivity contribution is 0.247. The second-order valence-corrected chi connectivity index (χ2v) is 3.93. The average molecular weight is 325 g/mol. The van der Waals surface area contributed by atoms with E-state index in [9.17, 15) is 14.5 Å². The van der Waals surface area contributed by atoms with E-state index >= 15 is 0 Å². The Bertz CT molecular complexity index is 479. The van der Waals surface area contributed by atoms with Crippen LogP contribution in [0.1, 0.15) is 0 Å². The Morgan fingerprint density at radius 1 is 1.71 bits per heavy atom. The van der Waals surface area contributed by atoms with Gasteiger partial charge in [0.1, 0.15) is 0 Å². The van der Waals surface area contributed by atoms with Crippen molar-refractivity contribution < 1.29 is 4.79 Å². The fourth-order valence-corrected chi connectivity index (χ4v) is 1.40. The zero-order valence-corrected chi connectivity index (χ0v) is 10.7. The smallest absolute Gasteiger partial charge is 0.335 e. The molecule has 1 aromatic rings. The molecule has 0 fully saturated rings. The van der Waals surface area contributed by atoms with Crippen LogP contribution in [-0.4, -0.2) is 28.4 Å². The molecule has 0 spiro atoms. The fourth-order valence-electron chi connectivity index (χ4n) is 0.932. The summed E-state index contributed by atoms with van der Waals surface area (Å²) in [4.78, 5) is 38.7. The number of aromatic amines is 1. The molecule has 0 unspecified atom stereocenters. The molecule has 0 aliphatic rings. The van der Waals surface area contributed by atoms with E-state index in [2.05, 4.69) is 36.5 Å². The molecule has 0 bridgehead atoms. The minimum atomic E-state index is -0.803. The first-order valence-electron chi connectivity index (χ1n) is 4.32. The number of carbonyl (C=O) groups excluding carboxylic acids is 1. The maximum atomic E-state index is 11.5. The molecule has 0 atom stereocenters. The summed E-state index contributed by atoms with van der Waals surface area (Å²) in [5, 5.41) is 5.30. The summed E-state index contributed by atoms with van der Waals surface area (Å²) < 4.78 is 0.248. The molecule has 8 nitrogen and oxygen atoms in total. The van der Waals surface area contributed by atoms with Crippen molar-refractivity contribution in [3.05, 3.63) is 26.1 Å². The third-order valence-electron chi connectivity index (χ3n) is 1.60. The summed E-state index contributed by atoms with van der Waals surface area (Å²) in [6, 6.07) is -0.803. The van der Waals surface area contributed by atoms with Gasteiger partial charge in [-0.05, 0) is 15.9 Å². The molecule has 2 N–H and O–H groups in total. The Kier molecular flexibility index (Phi) is 5.04. The number of rotatable bonds is 4. The first-order valence-corrected chi connectivity index (χ1v) is 5.65. The minimum absolute atomic E-state index is 0.105. The summed E-state index contributed by atoms with van der Waals surface area (Å²) in [7, 11) is 0. The van der Waals surface area contributed by atoms with E-state index in [1.54, 1.807) is 0 Å². The number of nitrogens with zero attached hydrogens (tertiary/aromatic N) is 3. The van der Waals surface area contributed by atoms with Gasteiger partial charge < -0.3 is 5.32 Å². The average Bonchev–Trinajstić information content (AvgIpc) is 2.32. The van der Waals surface area contributed by atoms with E-state index in [1.165, 1.54) is 0 Å². The molecule has 0 saturated carbocycles. The Labute approximate surface area is 108 Å². The van der Waals surface area contributed by atoms with Crippen molar-refractivity contribution in [2.75, 3.05) is 17.4 Å². The van der Waals surface area contributed by atoms with Crippen LogP contribution in [0.3, 0.4) is 0 Å². The molecule has 17 heavy (non-hydrogen) atoms. The molecule has 1 rings (SSSR count). The Balaban J connectivity index is 3.00. The molecule has 0 aliphatic carbocycles. The van der Waals surface area contributed by atoms with Crippen LogP contribution in [0.4, 0.5) is 10.6 Å². The highest BCUT2D eigenvalue weighted by Crippen LogP contribution is 2.21. The number of amides is 2. The van der Waals surface area contributed by atoms with Crippen molar-refractivity contribution in [2.45, 2.75) is 0 Å². The van der Waals surface area contributed by atoms with Crippen LogP contribution in [0, 0.1) is 4.91 Å². The molecule has 10 heteroatoms. The van der Waals surface area contributed by atoms with Gasteiger partial charge in [0.2, 0.25) is 0 Å². The molecule has 0 saturated heterocycles. The van der Waals surface area contributed by atoms with E-state index < -0.39 is 11.7 Å². The van der Waals surface area contributed by atoms with Crippen molar-refractivity contribution in [1.29, 1.82) is 0 Å². The zero-order valence-electron chi connectivity index (χ0n) is 8.31. The number of alkyl halides is 1. The first-order chi connectivity index (χ1) is 8.10. The number of hydrogen-bond acceptors (Lipinski definition) is 5. The van der Waals surface area contributed by atoms with Crippen LogP contribution >= 0.6 is 27.5 Å². The van der Waals surface area contributed by atoms with Crippen LogP contribution in [0.5, 0.6) is 0 Å². The van der Waals surface area contributed by atoms with E-state index in [0.717, 1.165) is 6.20 Å². The number of aromatic nitrogens is 2. The topological polar surface area (TPSA) is 108 Å². The highest BCUT2D eigenvalue weighted by molar-refractivity contribution is 9.10. The number of H-pyrrole nitrogens is 1. The van der Waals surface area contributed by atoms with Crippen molar-refractivity contribution in [1.82, 2.24) is 15.3 Å². The molecular formula is C7H7BrClN5O3. The van der Waals surface area contributed by atoms with Gasteiger partial charge in [0.25, 0.3) is 0 Å². The Morgan fingerprint density at radius 3 is 3.00 bits per heavy atom. The van der Waals surface area contributed by atoms with E-state index in [-0.39, 0.29) is 22.7 Å². The number of urea groups is 1. The molecular weight excluding hydrogens is 317 g/mol. The van der Waals surface area contributed by atoms with Gasteiger partial charge in [-0.25, -0.2) is 14.6 Å². The second-order valence-electron chi connectivity index (χ2n) is 2.70. The second kappa shape index (κ2) is 6.30. The maximum Gasteiger partial charge on any atom is 0.346 e. The lowest BCUT2D eigenvalue weighted by atomic mass is 10.5. The number of hydrogen-bond donors (Lipinski definition) is 2. The first kappa shape index (κ1) is 13.6. The van der Waals surface area contributed by atoms with Gasteiger partial charge in [0, 0.05) is 12.4 Å². The van der Waals surface area contributed by atoms with Crippen molar-refractivity contribution in [2.24, 2.45) is 5.29 Å². The molecule has 2 amide bonds. The number of halogens is 2. The molecule has 1 heterocycles. The van der Waals surface area contributed by atoms with Crippen molar-refractivity contribution in [3.63, 3.8) is 0 Å². The summed E-state index contributed by atoms with van der Waals surface area (Å²) in [5.74, 6) is 0.0824. The van der Waals surface area contributed by atoms with E-state index in [4.69, 9.17) is 11.6 Å². The number of carbonyl (C=O) groups is 1. The summed E-state index contributed by atoms with van der Waals surface area (Å²) in [5.41, 5.74) is -0.706. The lowest BCUT2D eigenvalue weighted by Crippen LogP contribution is -2.38. The fraction of sp³-hybridized carbons (Fsp3) is 0.286. The van der Waals surface area contributed by atoms with E-state index in [0.29, 0.717) is 5.01 Å². The quantitative estimate of drug-likeness (QED) is 0.489. The van der Waals surface area contributed by atoms with Gasteiger partial charge in [-0.15, -0.1) is 21.5 Å². The van der Waals surface area contributed by atoms with Crippen LogP contribution in [0.2, 0.25) is 0 Å². The highest BCUT2D eigenvalue weighted by Gasteiger charge is 2.20. The summed E-state index contributed by atoms with van der Waals surface area (Å²) in [6.07, 6.45) is 1.15. The summed E-state index contributed by atoms with van der Waals surface area (Å²) in [6.45, 7) is 0.166. The van der Waals surface area contributed by atoms with Crippen molar-refractivity contribution in [3.8, 4) is 0 Å². The van der Waals surface area contributed by atoms with Gasteiger partial charge >= 0.3 is 11.7 Å². The third-order valence-corrected chi connectivity index (χ3v) is 2.37. The largest absolute Gasteiger partial charge is 0.346 e. The van der Waals surface area contributed by atoms with Crippen LogP contribution in [0.25, 0.3) is 0 Å². The predicted molar refractivity (Wildman–Crippen MR) is 65.0 cm³/mol. The monoisotopic (exact) mass is 323 g/mol. The normalized spacial score (nSPS) is 9.76. The molecule has 0 radical (unpaired) electrons. The standard InChI is InChI=1S/C7H7BrClN5O3/c8-4-3-11-6(15)12-5(4)14(13-17)7(16)10-2-1-9/h3H,1-2H2,(H,10,16)(H,11,12,15). The Morgan fingerprint density at radius 2 is 2.41 bits per heavy atom. The molecule has 92 valence electrons. The number of nitrogens with one attached hydrogen (secondary N) is 2. The van der Waals surface area contributed by atoms with Gasteiger partial charge in [0.15, 0.2) is 5.82 Å². The van der Waals surface area contributed by atoms with Crippen LogP contribution < -0.4 is 16.0 Å². The lowest BCUT2D eigenvalue weighted by Gasteiger charge is -2.14. The molecule has 0 aromatic carbocycles. The third kappa shape index (κ3) is 3.49. The van der Waals surface area contributed by atoms with Gasteiger partial charge in [0.05, 0.1) is 16.0 Å². The van der Waals surface area contributed by atoms with Gasteiger partial charge in [-0.2, -0.15) is 0 Å². The van der Waals surface area contributed by atoms with E-state index in [1.807, 2.05) is 0 Å². The molecule has 0 aliphatic heterocycles. The number of nitroso groups, excluding NO2 is 1. The van der Waals surface area contributed by atoms with Crippen LogP contribution in [-0.2, 0) is 0 Å². The Hall–Kier alpha value is -1.48. The maximum absolute atomic E-state index is 11.5.